The molecule has 0 aromatic rings. The number of hydrogen-bond donors (Lipinski definition) is 1. The molecule has 6 heteroatoms. The van der Waals surface area contributed by atoms with Crippen molar-refractivity contribution in [3.05, 3.63) is 0 Å². The van der Waals surface area contributed by atoms with Gasteiger partial charge in [0, 0.05) is 52.5 Å². The summed E-state index contributed by atoms with van der Waals surface area (Å²) < 4.78 is 11.0. The lowest BCUT2D eigenvalue weighted by molar-refractivity contribution is 0.00990. The average Bonchev–Trinajstić information content (AvgIpc) is 2.58. The van der Waals surface area contributed by atoms with E-state index in [0.29, 0.717) is 12.1 Å². The number of guanidine groups is 1. The van der Waals surface area contributed by atoms with E-state index in [4.69, 9.17) is 14.5 Å². The van der Waals surface area contributed by atoms with E-state index in [-0.39, 0.29) is 0 Å². The van der Waals surface area contributed by atoms with Crippen LogP contribution in [-0.2, 0) is 9.47 Å². The maximum atomic E-state index is 5.94. The molecule has 1 saturated heterocycles. The highest BCUT2D eigenvalue weighted by atomic mass is 16.5. The summed E-state index contributed by atoms with van der Waals surface area (Å²) in [6, 6.07) is 0.564. The van der Waals surface area contributed by atoms with Crippen molar-refractivity contribution in [1.82, 2.24) is 15.1 Å². The summed E-state index contributed by atoms with van der Waals surface area (Å²) >= 11 is 0. The van der Waals surface area contributed by atoms with Gasteiger partial charge in [0.15, 0.2) is 5.96 Å². The number of methoxy groups -OCH3 is 1. The Labute approximate surface area is 148 Å². The van der Waals surface area contributed by atoms with E-state index in [1.54, 1.807) is 7.11 Å². The molecule has 1 aliphatic rings. The zero-order chi connectivity index (χ0) is 17.8. The van der Waals surface area contributed by atoms with E-state index in [1.807, 2.05) is 0 Å². The molecule has 0 saturated carbocycles. The minimum atomic E-state index is 0.382. The Morgan fingerprint density at radius 1 is 1.29 bits per heavy atom. The number of nitrogens with one attached hydrogen (secondary N) is 1. The lowest BCUT2D eigenvalue weighted by Crippen LogP contribution is -2.47. The summed E-state index contributed by atoms with van der Waals surface area (Å²) in [5.74, 6) is 1.05. The first-order valence-electron chi connectivity index (χ1n) is 9.42. The number of piperidine rings is 1. The Balaban J connectivity index is 2.36. The summed E-state index contributed by atoms with van der Waals surface area (Å²) in [6.45, 7) is 12.9. The third-order valence-corrected chi connectivity index (χ3v) is 4.52. The van der Waals surface area contributed by atoms with Crippen LogP contribution >= 0.6 is 0 Å². The van der Waals surface area contributed by atoms with Crippen molar-refractivity contribution in [2.45, 2.75) is 52.2 Å². The van der Waals surface area contributed by atoms with Gasteiger partial charge in [-0.3, -0.25) is 4.99 Å². The van der Waals surface area contributed by atoms with Crippen molar-refractivity contribution < 1.29 is 9.47 Å². The first kappa shape index (κ1) is 21.2. The summed E-state index contributed by atoms with van der Waals surface area (Å²) in [5, 5.41) is 3.43. The van der Waals surface area contributed by atoms with Crippen LogP contribution in [-0.4, -0.2) is 88.0 Å². The van der Waals surface area contributed by atoms with Crippen LogP contribution in [0.2, 0.25) is 0 Å². The SMILES string of the molecule is CCNC(=NCCN(C)C(C)C)N1CCC(OCCCOC)CC1. The molecule has 24 heavy (non-hydrogen) atoms. The second-order valence-electron chi connectivity index (χ2n) is 6.71. The zero-order valence-electron chi connectivity index (χ0n) is 16.4. The maximum Gasteiger partial charge on any atom is 0.193 e. The van der Waals surface area contributed by atoms with Crippen LogP contribution in [0.15, 0.2) is 4.99 Å². The van der Waals surface area contributed by atoms with E-state index in [1.165, 1.54) is 0 Å². The molecule has 0 aliphatic carbocycles. The first-order valence-corrected chi connectivity index (χ1v) is 9.42. The van der Waals surface area contributed by atoms with Crippen LogP contribution in [0.5, 0.6) is 0 Å². The van der Waals surface area contributed by atoms with E-state index in [2.05, 4.69) is 42.9 Å². The second kappa shape index (κ2) is 12.5. The molecule has 0 aromatic heterocycles. The van der Waals surface area contributed by atoms with Crippen LogP contribution in [0, 0.1) is 0 Å². The number of likely N-dealkylation sites (tertiary alicyclic amines) is 1. The van der Waals surface area contributed by atoms with Crippen LogP contribution in [0.3, 0.4) is 0 Å². The summed E-state index contributed by atoms with van der Waals surface area (Å²) in [7, 11) is 3.89. The molecule has 0 unspecified atom stereocenters. The molecule has 0 bridgehead atoms. The fourth-order valence-electron chi connectivity index (χ4n) is 2.69. The highest BCUT2D eigenvalue weighted by Crippen LogP contribution is 2.14. The van der Waals surface area contributed by atoms with Crippen LogP contribution < -0.4 is 5.32 Å². The number of hydrogen-bond acceptors (Lipinski definition) is 4. The number of rotatable bonds is 10. The maximum absolute atomic E-state index is 5.94. The Hall–Kier alpha value is -0.850. The molecule has 0 amide bonds. The molecule has 6 nitrogen and oxygen atoms in total. The van der Waals surface area contributed by atoms with Gasteiger partial charge in [-0.2, -0.15) is 0 Å². The molecular formula is C18H38N4O2. The monoisotopic (exact) mass is 342 g/mol. The molecule has 142 valence electrons. The zero-order valence-corrected chi connectivity index (χ0v) is 16.4. The van der Waals surface area contributed by atoms with E-state index in [0.717, 1.165) is 71.2 Å². The summed E-state index contributed by atoms with van der Waals surface area (Å²) in [5.41, 5.74) is 0. The van der Waals surface area contributed by atoms with Gasteiger partial charge < -0.3 is 24.6 Å². The van der Waals surface area contributed by atoms with Gasteiger partial charge >= 0.3 is 0 Å². The molecule has 0 atom stereocenters. The lowest BCUT2D eigenvalue weighted by atomic mass is 10.1. The van der Waals surface area contributed by atoms with Crippen molar-refractivity contribution >= 4 is 5.96 Å². The molecule has 0 spiro atoms. The molecule has 1 aliphatic heterocycles. The van der Waals surface area contributed by atoms with E-state index < -0.39 is 0 Å². The quantitative estimate of drug-likeness (QED) is 0.373. The molecular weight excluding hydrogens is 304 g/mol. The third kappa shape index (κ3) is 8.31. The Bertz CT molecular complexity index is 342. The minimum Gasteiger partial charge on any atom is -0.385 e. The van der Waals surface area contributed by atoms with Gasteiger partial charge in [-0.25, -0.2) is 0 Å². The highest BCUT2D eigenvalue weighted by Gasteiger charge is 2.21. The van der Waals surface area contributed by atoms with Crippen molar-refractivity contribution in [3.63, 3.8) is 0 Å². The smallest absolute Gasteiger partial charge is 0.193 e. The fourth-order valence-corrected chi connectivity index (χ4v) is 2.69. The van der Waals surface area contributed by atoms with E-state index in [9.17, 15) is 0 Å². The topological polar surface area (TPSA) is 49.3 Å². The van der Waals surface area contributed by atoms with Crippen LogP contribution in [0.25, 0.3) is 0 Å². The minimum absolute atomic E-state index is 0.382. The van der Waals surface area contributed by atoms with Crippen molar-refractivity contribution in [2.75, 3.05) is 60.1 Å². The predicted octanol–water partition coefficient (Wildman–Crippen LogP) is 1.81. The summed E-state index contributed by atoms with van der Waals surface area (Å²) in [4.78, 5) is 9.50. The molecule has 1 heterocycles. The van der Waals surface area contributed by atoms with Gasteiger partial charge in [-0.15, -0.1) is 0 Å². The van der Waals surface area contributed by atoms with Crippen molar-refractivity contribution in [2.24, 2.45) is 4.99 Å². The Morgan fingerprint density at radius 2 is 2.00 bits per heavy atom. The van der Waals surface area contributed by atoms with Gasteiger partial charge in [-0.1, -0.05) is 0 Å². The Morgan fingerprint density at radius 3 is 2.58 bits per heavy atom. The van der Waals surface area contributed by atoms with E-state index >= 15 is 0 Å². The molecule has 1 N–H and O–H groups in total. The predicted molar refractivity (Wildman–Crippen MR) is 101 cm³/mol. The number of likely N-dealkylation sites (N-methyl/N-ethyl adjacent to an activating group) is 1. The normalized spacial score (nSPS) is 17.1. The molecule has 0 aromatic carbocycles. The van der Waals surface area contributed by atoms with Crippen LogP contribution in [0.4, 0.5) is 0 Å². The van der Waals surface area contributed by atoms with Gasteiger partial charge in [0.05, 0.1) is 12.6 Å². The lowest BCUT2D eigenvalue weighted by Gasteiger charge is -2.34. The second-order valence-corrected chi connectivity index (χ2v) is 6.71. The van der Waals surface area contributed by atoms with Crippen molar-refractivity contribution in [1.29, 1.82) is 0 Å². The highest BCUT2D eigenvalue weighted by molar-refractivity contribution is 5.80. The first-order chi connectivity index (χ1) is 11.6. The largest absolute Gasteiger partial charge is 0.385 e. The van der Waals surface area contributed by atoms with Gasteiger partial charge in [0.2, 0.25) is 0 Å². The molecule has 0 radical (unpaired) electrons. The van der Waals surface area contributed by atoms with Crippen LogP contribution in [0.1, 0.15) is 40.0 Å². The third-order valence-electron chi connectivity index (χ3n) is 4.52. The van der Waals surface area contributed by atoms with Gasteiger partial charge in [-0.05, 0) is 47.1 Å². The molecule has 1 fully saturated rings. The summed E-state index contributed by atoms with van der Waals surface area (Å²) in [6.07, 6.45) is 3.50. The fraction of sp³-hybridized carbons (Fsp3) is 0.944. The number of ether oxygens (including phenoxy) is 2. The number of nitrogens with zero attached hydrogens (tertiary/aromatic N) is 3. The van der Waals surface area contributed by atoms with Gasteiger partial charge in [0.1, 0.15) is 0 Å². The Kier molecular flexibility index (Phi) is 11.0. The standard InChI is InChI=1S/C18H38N4O2/c1-6-19-18(20-10-13-21(4)16(2)3)22-11-8-17(9-12-22)24-15-7-14-23-5/h16-17H,6-15H2,1-5H3,(H,19,20). The van der Waals surface area contributed by atoms with Crippen molar-refractivity contribution in [3.8, 4) is 0 Å². The number of aliphatic imine (C=N–C) groups is 1. The van der Waals surface area contributed by atoms with Gasteiger partial charge in [0.25, 0.3) is 0 Å². The average molecular weight is 343 g/mol. The molecule has 1 rings (SSSR count).